The van der Waals surface area contributed by atoms with Crippen molar-refractivity contribution in [2.24, 2.45) is 0 Å². The largest absolute Gasteiger partial charge is 0.320 e. The summed E-state index contributed by atoms with van der Waals surface area (Å²) in [5.74, 6) is -0.544. The maximum absolute atomic E-state index is 12.0. The molecule has 21 heavy (non-hydrogen) atoms. The number of carbonyl (C=O) groups excluding carboxylic acids is 1. The van der Waals surface area contributed by atoms with E-state index in [0.717, 1.165) is 4.68 Å². The number of hydrogen-bond donors (Lipinski definition) is 1. The van der Waals surface area contributed by atoms with Crippen molar-refractivity contribution in [3.63, 3.8) is 0 Å². The molecule has 1 N–H and O–H groups in total. The van der Waals surface area contributed by atoms with Gasteiger partial charge in [-0.3, -0.25) is 19.7 Å². The lowest BCUT2D eigenvalue weighted by molar-refractivity contribution is -0.384. The Bertz CT molecular complexity index is 754. The number of rotatable bonds is 4. The van der Waals surface area contributed by atoms with Gasteiger partial charge in [0.15, 0.2) is 0 Å². The van der Waals surface area contributed by atoms with Crippen molar-refractivity contribution in [1.29, 1.82) is 0 Å². The van der Waals surface area contributed by atoms with Gasteiger partial charge < -0.3 is 5.32 Å². The average Bonchev–Trinajstić information content (AvgIpc) is 2.47. The number of anilines is 1. The molecule has 0 radical (unpaired) electrons. The van der Waals surface area contributed by atoms with E-state index in [1.807, 2.05) is 0 Å². The second kappa shape index (κ2) is 5.95. The van der Waals surface area contributed by atoms with E-state index < -0.39 is 10.8 Å². The van der Waals surface area contributed by atoms with E-state index in [9.17, 15) is 19.7 Å². The summed E-state index contributed by atoms with van der Waals surface area (Å²) in [6.07, 6.45) is 0. The highest BCUT2D eigenvalue weighted by Crippen LogP contribution is 2.17. The lowest BCUT2D eigenvalue weighted by atomic mass is 10.2. The number of aryl methyl sites for hydroxylation is 1. The molecule has 2 aromatic rings. The number of non-ortho nitro benzene ring substituents is 1. The molecule has 0 aliphatic heterocycles. The van der Waals surface area contributed by atoms with Crippen LogP contribution in [0, 0.1) is 10.1 Å². The van der Waals surface area contributed by atoms with Crippen molar-refractivity contribution < 1.29 is 9.72 Å². The second-order valence-electron chi connectivity index (χ2n) is 4.13. The van der Waals surface area contributed by atoms with E-state index in [1.54, 1.807) is 6.92 Å². The van der Waals surface area contributed by atoms with Gasteiger partial charge in [-0.25, -0.2) is 4.68 Å². The molecular weight excluding hydrogens is 276 g/mol. The van der Waals surface area contributed by atoms with Crippen LogP contribution in [0.1, 0.15) is 17.4 Å². The van der Waals surface area contributed by atoms with Crippen molar-refractivity contribution in [3.8, 4) is 0 Å². The van der Waals surface area contributed by atoms with Gasteiger partial charge in [-0.05, 0) is 19.1 Å². The fourth-order valence-electron chi connectivity index (χ4n) is 1.69. The summed E-state index contributed by atoms with van der Waals surface area (Å²) in [6.45, 7) is 2.08. The summed E-state index contributed by atoms with van der Waals surface area (Å²) < 4.78 is 1.16. The minimum absolute atomic E-state index is 0.0583. The van der Waals surface area contributed by atoms with Gasteiger partial charge in [-0.1, -0.05) is 6.07 Å². The van der Waals surface area contributed by atoms with Crippen LogP contribution in [0.5, 0.6) is 0 Å². The molecule has 1 aromatic carbocycles. The fourth-order valence-corrected chi connectivity index (χ4v) is 1.69. The Morgan fingerprint density at radius 3 is 2.81 bits per heavy atom. The van der Waals surface area contributed by atoms with Crippen molar-refractivity contribution >= 4 is 17.3 Å². The Balaban J connectivity index is 2.24. The Kier molecular flexibility index (Phi) is 4.07. The molecule has 2 rings (SSSR count). The number of amides is 1. The third-order valence-electron chi connectivity index (χ3n) is 2.71. The number of nitro groups is 1. The number of hydrogen-bond acceptors (Lipinski definition) is 5. The molecule has 0 atom stereocenters. The highest BCUT2D eigenvalue weighted by molar-refractivity contribution is 6.02. The number of nitro benzene ring substituents is 1. The molecule has 8 heteroatoms. The van der Waals surface area contributed by atoms with Crippen molar-refractivity contribution in [2.75, 3.05) is 5.32 Å². The predicted octanol–water partition coefficient (Wildman–Crippen LogP) is 1.42. The van der Waals surface area contributed by atoms with Crippen LogP contribution in [-0.4, -0.2) is 20.6 Å². The average molecular weight is 288 g/mol. The Morgan fingerprint density at radius 1 is 1.38 bits per heavy atom. The highest BCUT2D eigenvalue weighted by atomic mass is 16.6. The highest BCUT2D eigenvalue weighted by Gasteiger charge is 2.12. The molecule has 0 aliphatic rings. The Morgan fingerprint density at radius 2 is 2.14 bits per heavy atom. The molecule has 0 spiro atoms. The minimum atomic E-state index is -0.550. The SMILES string of the molecule is CCn1nc(C(=O)Nc2cccc([N+](=O)[O-])c2)ccc1=O. The zero-order chi connectivity index (χ0) is 15.4. The van der Waals surface area contributed by atoms with Gasteiger partial charge in [0.25, 0.3) is 17.2 Å². The van der Waals surface area contributed by atoms with Gasteiger partial charge in [0.05, 0.1) is 4.92 Å². The van der Waals surface area contributed by atoms with Crippen molar-refractivity contribution in [1.82, 2.24) is 9.78 Å². The Hall–Kier alpha value is -3.03. The van der Waals surface area contributed by atoms with Gasteiger partial charge >= 0.3 is 0 Å². The van der Waals surface area contributed by atoms with Crippen molar-refractivity contribution in [3.05, 3.63) is 62.6 Å². The molecule has 108 valence electrons. The van der Waals surface area contributed by atoms with E-state index in [1.165, 1.54) is 36.4 Å². The summed E-state index contributed by atoms with van der Waals surface area (Å²) in [4.78, 5) is 33.5. The summed E-state index contributed by atoms with van der Waals surface area (Å²) >= 11 is 0. The van der Waals surface area contributed by atoms with Crippen LogP contribution in [-0.2, 0) is 6.54 Å². The summed E-state index contributed by atoms with van der Waals surface area (Å²) in [6, 6.07) is 8.12. The number of benzene rings is 1. The number of nitrogens with zero attached hydrogens (tertiary/aromatic N) is 3. The molecule has 0 unspecified atom stereocenters. The maximum atomic E-state index is 12.0. The first-order valence-corrected chi connectivity index (χ1v) is 6.15. The van der Waals surface area contributed by atoms with E-state index in [-0.39, 0.29) is 22.6 Å². The first-order chi connectivity index (χ1) is 10.0. The Labute approximate surface area is 119 Å². The van der Waals surface area contributed by atoms with E-state index in [0.29, 0.717) is 6.54 Å². The molecule has 1 aromatic heterocycles. The third-order valence-corrected chi connectivity index (χ3v) is 2.71. The van der Waals surface area contributed by atoms with Gasteiger partial charge in [0, 0.05) is 30.4 Å². The van der Waals surface area contributed by atoms with Crippen LogP contribution in [0.25, 0.3) is 0 Å². The molecule has 8 nitrogen and oxygen atoms in total. The lowest BCUT2D eigenvalue weighted by Gasteiger charge is -2.06. The first kappa shape index (κ1) is 14.4. The quantitative estimate of drug-likeness (QED) is 0.676. The lowest BCUT2D eigenvalue weighted by Crippen LogP contribution is -2.25. The van der Waals surface area contributed by atoms with E-state index >= 15 is 0 Å². The molecule has 0 saturated heterocycles. The van der Waals surface area contributed by atoms with Gasteiger partial charge in [-0.2, -0.15) is 5.10 Å². The first-order valence-electron chi connectivity index (χ1n) is 6.15. The predicted molar refractivity (Wildman–Crippen MR) is 75.2 cm³/mol. The molecule has 0 bridgehead atoms. The molecule has 0 aliphatic carbocycles. The third kappa shape index (κ3) is 3.30. The van der Waals surface area contributed by atoms with Gasteiger partial charge in [-0.15, -0.1) is 0 Å². The van der Waals surface area contributed by atoms with Gasteiger partial charge in [0.1, 0.15) is 5.69 Å². The monoisotopic (exact) mass is 288 g/mol. The number of aromatic nitrogens is 2. The topological polar surface area (TPSA) is 107 Å². The summed E-state index contributed by atoms with van der Waals surface area (Å²) in [5, 5.41) is 17.1. The van der Waals surface area contributed by atoms with Crippen LogP contribution in [0.2, 0.25) is 0 Å². The van der Waals surface area contributed by atoms with Crippen LogP contribution in [0.15, 0.2) is 41.2 Å². The molecule has 0 saturated carbocycles. The number of nitrogens with one attached hydrogen (secondary N) is 1. The van der Waals surface area contributed by atoms with Crippen LogP contribution in [0.4, 0.5) is 11.4 Å². The maximum Gasteiger partial charge on any atom is 0.276 e. The van der Waals surface area contributed by atoms with Crippen molar-refractivity contribution in [2.45, 2.75) is 13.5 Å². The number of carbonyl (C=O) groups is 1. The smallest absolute Gasteiger partial charge is 0.276 e. The molecule has 0 fully saturated rings. The zero-order valence-corrected chi connectivity index (χ0v) is 11.1. The zero-order valence-electron chi connectivity index (χ0n) is 11.1. The summed E-state index contributed by atoms with van der Waals surface area (Å²) in [7, 11) is 0. The second-order valence-corrected chi connectivity index (χ2v) is 4.13. The fraction of sp³-hybridized carbons (Fsp3) is 0.154. The van der Waals surface area contributed by atoms with E-state index in [2.05, 4.69) is 10.4 Å². The van der Waals surface area contributed by atoms with Crippen LogP contribution < -0.4 is 10.9 Å². The standard InChI is InChI=1S/C13H12N4O4/c1-2-16-12(18)7-6-11(15-16)13(19)14-9-4-3-5-10(8-9)17(20)21/h3-8H,2H2,1H3,(H,14,19). The normalized spacial score (nSPS) is 10.1. The van der Waals surface area contributed by atoms with Gasteiger partial charge in [0.2, 0.25) is 0 Å². The molecule has 1 heterocycles. The molecule has 1 amide bonds. The molecular formula is C13H12N4O4. The van der Waals surface area contributed by atoms with Crippen LogP contribution >= 0.6 is 0 Å². The summed E-state index contributed by atoms with van der Waals surface area (Å²) in [5.41, 5.74) is -0.0862. The van der Waals surface area contributed by atoms with Crippen LogP contribution in [0.3, 0.4) is 0 Å². The van der Waals surface area contributed by atoms with E-state index in [4.69, 9.17) is 0 Å². The minimum Gasteiger partial charge on any atom is -0.320 e.